The van der Waals surface area contributed by atoms with Crippen molar-refractivity contribution >= 4 is 10.9 Å². The number of hydrogen-bond acceptors (Lipinski definition) is 3. The third-order valence-electron chi connectivity index (χ3n) is 5.48. The highest BCUT2D eigenvalue weighted by Gasteiger charge is 2.26. The molecule has 0 unspecified atom stereocenters. The van der Waals surface area contributed by atoms with Crippen LogP contribution in [0, 0.1) is 0 Å². The number of nitrogens with zero attached hydrogens (tertiary/aromatic N) is 3. The Kier molecular flexibility index (Phi) is 4.68. The van der Waals surface area contributed by atoms with Crippen LogP contribution in [0.3, 0.4) is 0 Å². The van der Waals surface area contributed by atoms with E-state index in [0.717, 1.165) is 37.3 Å². The second kappa shape index (κ2) is 7.13. The van der Waals surface area contributed by atoms with Gasteiger partial charge in [0.15, 0.2) is 0 Å². The predicted molar refractivity (Wildman–Crippen MR) is 105 cm³/mol. The minimum Gasteiger partial charge on any atom is -0.370 e. The van der Waals surface area contributed by atoms with Crippen LogP contribution in [-0.2, 0) is 11.3 Å². The van der Waals surface area contributed by atoms with Gasteiger partial charge in [0.05, 0.1) is 49.9 Å². The molecule has 6 heteroatoms. The van der Waals surface area contributed by atoms with Crippen LogP contribution in [0.4, 0.5) is 0 Å². The number of benzene rings is 2. The average molecular weight is 366 g/mol. The highest BCUT2D eigenvalue weighted by molar-refractivity contribution is 5.78. The zero-order valence-electron chi connectivity index (χ0n) is 15.5. The van der Waals surface area contributed by atoms with E-state index in [9.17, 15) is 9.59 Å². The Hall–Kier alpha value is -2.70. The Morgan fingerprint density at radius 2 is 1.63 bits per heavy atom. The van der Waals surface area contributed by atoms with Crippen LogP contribution in [0.5, 0.6) is 0 Å². The average Bonchev–Trinajstić information content (AvgIpc) is 2.69. The Morgan fingerprint density at radius 1 is 0.963 bits per heavy atom. The fourth-order valence-corrected chi connectivity index (χ4v) is 3.69. The normalized spacial score (nSPS) is 16.5. The highest BCUT2D eigenvalue weighted by atomic mass is 16.5. The van der Waals surface area contributed by atoms with Crippen molar-refractivity contribution in [3.8, 4) is 5.69 Å². The van der Waals surface area contributed by atoms with Crippen molar-refractivity contribution in [2.45, 2.75) is 6.54 Å². The highest BCUT2D eigenvalue weighted by Crippen LogP contribution is 2.12. The van der Waals surface area contributed by atoms with E-state index in [2.05, 4.69) is 7.05 Å². The van der Waals surface area contributed by atoms with Gasteiger partial charge in [-0.1, -0.05) is 30.3 Å². The summed E-state index contributed by atoms with van der Waals surface area (Å²) in [5.74, 6) is 0. The molecule has 0 bridgehead atoms. The molecule has 0 saturated carbocycles. The molecule has 0 aliphatic carbocycles. The second-order valence-electron chi connectivity index (χ2n) is 7.33. The molecular formula is C21H24N3O3+. The number of quaternary nitrogens is 1. The topological polar surface area (TPSA) is 53.2 Å². The van der Waals surface area contributed by atoms with Crippen molar-refractivity contribution in [1.82, 2.24) is 9.13 Å². The fourth-order valence-electron chi connectivity index (χ4n) is 3.69. The Balaban J connectivity index is 1.84. The van der Waals surface area contributed by atoms with Gasteiger partial charge in [-0.15, -0.1) is 0 Å². The zero-order valence-corrected chi connectivity index (χ0v) is 15.5. The molecule has 0 spiro atoms. The first-order valence-corrected chi connectivity index (χ1v) is 9.30. The molecule has 1 aromatic heterocycles. The summed E-state index contributed by atoms with van der Waals surface area (Å²) in [5, 5.41) is 0.561. The first kappa shape index (κ1) is 17.7. The maximum Gasteiger partial charge on any atom is 0.336 e. The molecular weight excluding hydrogens is 342 g/mol. The van der Waals surface area contributed by atoms with Crippen LogP contribution in [0.2, 0.25) is 0 Å². The molecule has 3 aromatic rings. The van der Waals surface area contributed by atoms with E-state index < -0.39 is 0 Å². The van der Waals surface area contributed by atoms with Gasteiger partial charge in [-0.2, -0.15) is 0 Å². The summed E-state index contributed by atoms with van der Waals surface area (Å²) in [6.07, 6.45) is 0. The Bertz CT molecular complexity index is 1060. The van der Waals surface area contributed by atoms with Crippen molar-refractivity contribution in [2.24, 2.45) is 0 Å². The van der Waals surface area contributed by atoms with Crippen LogP contribution in [-0.4, -0.2) is 53.5 Å². The number of morpholine rings is 1. The first-order valence-electron chi connectivity index (χ1n) is 9.30. The molecule has 6 nitrogen and oxygen atoms in total. The van der Waals surface area contributed by atoms with Crippen molar-refractivity contribution in [2.75, 3.05) is 39.9 Å². The van der Waals surface area contributed by atoms with E-state index in [1.165, 1.54) is 4.57 Å². The fraction of sp³-hybridized carbons (Fsp3) is 0.333. The third-order valence-corrected chi connectivity index (χ3v) is 5.48. The number of fused-ring (bicyclic) bond motifs is 1. The Labute approximate surface area is 157 Å². The lowest BCUT2D eigenvalue weighted by Gasteiger charge is -2.37. The standard InChI is InChI=1S/C21H24N3O3/c1-24(13-15-27-16-14-24)12-11-22-19-10-6-5-9-18(19)20(25)23(21(22)26)17-7-3-2-4-8-17/h2-10H,11-16H2,1H3/q+1. The molecule has 2 heterocycles. The van der Waals surface area contributed by atoms with Gasteiger partial charge in [0, 0.05) is 0 Å². The molecule has 0 amide bonds. The lowest BCUT2D eigenvalue weighted by atomic mass is 10.2. The third kappa shape index (κ3) is 3.34. The van der Waals surface area contributed by atoms with E-state index in [1.807, 2.05) is 36.4 Å². The monoisotopic (exact) mass is 366 g/mol. The number of ether oxygens (including phenoxy) is 1. The summed E-state index contributed by atoms with van der Waals surface area (Å²) in [6, 6.07) is 16.5. The molecule has 0 radical (unpaired) electrons. The number of rotatable bonds is 4. The van der Waals surface area contributed by atoms with Gasteiger partial charge in [0.2, 0.25) is 0 Å². The van der Waals surface area contributed by atoms with Crippen molar-refractivity contribution in [3.63, 3.8) is 0 Å². The van der Waals surface area contributed by atoms with Gasteiger partial charge >= 0.3 is 5.69 Å². The van der Waals surface area contributed by atoms with Gasteiger partial charge in [-0.3, -0.25) is 9.36 Å². The SMILES string of the molecule is C[N+]1(CCn2c(=O)n(-c3ccccc3)c(=O)c3ccccc32)CCOCC1. The summed E-state index contributed by atoms with van der Waals surface area (Å²) in [6.45, 7) is 4.74. The van der Waals surface area contributed by atoms with Crippen LogP contribution < -0.4 is 11.2 Å². The molecule has 140 valence electrons. The van der Waals surface area contributed by atoms with Crippen molar-refractivity contribution < 1.29 is 9.22 Å². The van der Waals surface area contributed by atoms with Crippen LogP contribution >= 0.6 is 0 Å². The molecule has 1 fully saturated rings. The maximum absolute atomic E-state index is 13.3. The van der Waals surface area contributed by atoms with Crippen molar-refractivity contribution in [1.29, 1.82) is 0 Å². The zero-order chi connectivity index (χ0) is 18.9. The summed E-state index contributed by atoms with van der Waals surface area (Å²) in [7, 11) is 2.20. The first-order chi connectivity index (χ1) is 13.1. The lowest BCUT2D eigenvalue weighted by molar-refractivity contribution is -0.917. The summed E-state index contributed by atoms with van der Waals surface area (Å²) in [5.41, 5.74) is 0.730. The lowest BCUT2D eigenvalue weighted by Crippen LogP contribution is -2.54. The van der Waals surface area contributed by atoms with E-state index in [0.29, 0.717) is 23.1 Å². The van der Waals surface area contributed by atoms with Gasteiger partial charge in [0.1, 0.15) is 13.1 Å². The molecule has 2 aromatic carbocycles. The number of aromatic nitrogens is 2. The van der Waals surface area contributed by atoms with Gasteiger partial charge in [-0.05, 0) is 24.3 Å². The molecule has 1 aliphatic rings. The van der Waals surface area contributed by atoms with E-state index in [4.69, 9.17) is 4.74 Å². The van der Waals surface area contributed by atoms with Crippen LogP contribution in [0.25, 0.3) is 16.6 Å². The number of likely N-dealkylation sites (N-methyl/N-ethyl adjacent to an activating group) is 1. The summed E-state index contributed by atoms with van der Waals surface area (Å²) < 4.78 is 9.36. The maximum atomic E-state index is 13.3. The number of hydrogen-bond donors (Lipinski definition) is 0. The van der Waals surface area contributed by atoms with Crippen LogP contribution in [0.15, 0.2) is 64.2 Å². The largest absolute Gasteiger partial charge is 0.370 e. The smallest absolute Gasteiger partial charge is 0.336 e. The van der Waals surface area contributed by atoms with E-state index in [-0.39, 0.29) is 11.2 Å². The van der Waals surface area contributed by atoms with Crippen molar-refractivity contribution in [3.05, 3.63) is 75.4 Å². The molecule has 1 aliphatic heterocycles. The number of para-hydroxylation sites is 2. The van der Waals surface area contributed by atoms with Gasteiger partial charge in [-0.25, -0.2) is 9.36 Å². The minimum absolute atomic E-state index is 0.273. The van der Waals surface area contributed by atoms with E-state index in [1.54, 1.807) is 22.8 Å². The predicted octanol–water partition coefficient (Wildman–Crippen LogP) is 1.63. The summed E-state index contributed by atoms with van der Waals surface area (Å²) in [4.78, 5) is 26.3. The molecule has 0 atom stereocenters. The Morgan fingerprint density at radius 3 is 2.37 bits per heavy atom. The quantitative estimate of drug-likeness (QED) is 0.660. The summed E-state index contributed by atoms with van der Waals surface area (Å²) >= 11 is 0. The van der Waals surface area contributed by atoms with E-state index >= 15 is 0 Å². The molecule has 1 saturated heterocycles. The molecule has 4 rings (SSSR count). The molecule has 0 N–H and O–H groups in total. The minimum atomic E-state index is -0.287. The van der Waals surface area contributed by atoms with Gasteiger partial charge in [0.25, 0.3) is 5.56 Å². The second-order valence-corrected chi connectivity index (χ2v) is 7.33. The van der Waals surface area contributed by atoms with Gasteiger partial charge < -0.3 is 9.22 Å². The van der Waals surface area contributed by atoms with Crippen LogP contribution in [0.1, 0.15) is 0 Å². The molecule has 27 heavy (non-hydrogen) atoms.